The lowest BCUT2D eigenvalue weighted by atomic mass is 10.2. The van der Waals surface area contributed by atoms with Gasteiger partial charge in [0.15, 0.2) is 4.83 Å². The highest BCUT2D eigenvalue weighted by atomic mass is 32.1. The Hall–Kier alpha value is -2.06. The number of nitrogens with one attached hydrogen (secondary N) is 1. The van der Waals surface area contributed by atoms with Crippen molar-refractivity contribution in [2.45, 2.75) is 34.2 Å². The molecule has 3 aromatic rings. The molecule has 0 aliphatic rings. The van der Waals surface area contributed by atoms with Gasteiger partial charge in [-0.05, 0) is 50.4 Å². The number of anilines is 1. The third-order valence-electron chi connectivity index (χ3n) is 3.89. The number of amides is 1. The van der Waals surface area contributed by atoms with Crippen LogP contribution in [0, 0.1) is 27.7 Å². The van der Waals surface area contributed by atoms with E-state index >= 15 is 0 Å². The number of hydrogen-bond donors (Lipinski definition) is 1. The zero-order valence-electron chi connectivity index (χ0n) is 13.3. The Kier molecular flexibility index (Phi) is 4.03. The Labute approximate surface area is 141 Å². The highest BCUT2D eigenvalue weighted by Gasteiger charge is 2.14. The molecule has 23 heavy (non-hydrogen) atoms. The topological polar surface area (TPSA) is 76.9 Å². The SMILES string of the molecule is Cc1sc(NC(=O)Cn2cnc3snc(C)c3c2=O)c(C)c1C. The number of carbonyl (C=O) groups excluding carboxylic acids is 1. The minimum absolute atomic E-state index is 0.0630. The molecule has 0 radical (unpaired) electrons. The van der Waals surface area contributed by atoms with Crippen molar-refractivity contribution in [2.24, 2.45) is 0 Å². The predicted octanol–water partition coefficient (Wildman–Crippen LogP) is 2.79. The van der Waals surface area contributed by atoms with Crippen LogP contribution in [0.25, 0.3) is 10.2 Å². The molecule has 1 N–H and O–H groups in total. The molecular weight excluding hydrogens is 332 g/mol. The quantitative estimate of drug-likeness (QED) is 0.789. The Balaban J connectivity index is 1.85. The molecule has 120 valence electrons. The zero-order valence-corrected chi connectivity index (χ0v) is 14.9. The van der Waals surface area contributed by atoms with Gasteiger partial charge in [-0.3, -0.25) is 14.2 Å². The number of thiophene rings is 1. The Morgan fingerprint density at radius 1 is 1.26 bits per heavy atom. The van der Waals surface area contributed by atoms with E-state index in [9.17, 15) is 9.59 Å². The van der Waals surface area contributed by atoms with Crippen LogP contribution in [0.2, 0.25) is 0 Å². The van der Waals surface area contributed by atoms with Crippen molar-refractivity contribution in [1.82, 2.24) is 13.9 Å². The summed E-state index contributed by atoms with van der Waals surface area (Å²) < 4.78 is 5.46. The first-order chi connectivity index (χ1) is 10.9. The summed E-state index contributed by atoms with van der Waals surface area (Å²) in [5, 5.41) is 4.21. The van der Waals surface area contributed by atoms with Crippen LogP contribution < -0.4 is 10.9 Å². The van der Waals surface area contributed by atoms with Gasteiger partial charge in [-0.25, -0.2) is 4.98 Å². The molecule has 0 aliphatic heterocycles. The molecule has 3 aromatic heterocycles. The van der Waals surface area contributed by atoms with Crippen molar-refractivity contribution < 1.29 is 4.79 Å². The van der Waals surface area contributed by atoms with Crippen LogP contribution in [-0.2, 0) is 11.3 Å². The molecule has 0 bridgehead atoms. The molecule has 0 unspecified atom stereocenters. The summed E-state index contributed by atoms with van der Waals surface area (Å²) in [7, 11) is 0. The molecule has 0 aromatic carbocycles. The smallest absolute Gasteiger partial charge is 0.264 e. The summed E-state index contributed by atoms with van der Waals surface area (Å²) in [5.41, 5.74) is 2.68. The van der Waals surface area contributed by atoms with Crippen molar-refractivity contribution in [2.75, 3.05) is 5.32 Å². The number of fused-ring (bicyclic) bond motifs is 1. The molecular formula is C15H16N4O2S2. The van der Waals surface area contributed by atoms with Gasteiger partial charge in [0.1, 0.15) is 6.54 Å². The van der Waals surface area contributed by atoms with Gasteiger partial charge < -0.3 is 5.32 Å². The maximum atomic E-state index is 12.4. The molecule has 0 saturated carbocycles. The molecule has 0 spiro atoms. The Morgan fingerprint density at radius 2 is 2.00 bits per heavy atom. The van der Waals surface area contributed by atoms with Crippen LogP contribution in [0.1, 0.15) is 21.7 Å². The predicted molar refractivity (Wildman–Crippen MR) is 93.6 cm³/mol. The molecule has 0 atom stereocenters. The highest BCUT2D eigenvalue weighted by Crippen LogP contribution is 2.31. The summed E-state index contributed by atoms with van der Waals surface area (Å²) in [5.74, 6) is -0.238. The molecule has 3 heterocycles. The summed E-state index contributed by atoms with van der Waals surface area (Å²) in [4.78, 5) is 30.7. The lowest BCUT2D eigenvalue weighted by molar-refractivity contribution is -0.116. The van der Waals surface area contributed by atoms with Gasteiger partial charge in [0.05, 0.1) is 22.4 Å². The first-order valence-electron chi connectivity index (χ1n) is 7.06. The van der Waals surface area contributed by atoms with E-state index in [2.05, 4.69) is 14.7 Å². The third-order valence-corrected chi connectivity index (χ3v) is 5.96. The lowest BCUT2D eigenvalue weighted by Crippen LogP contribution is -2.27. The normalized spacial score (nSPS) is 11.1. The number of nitrogens with zero attached hydrogens (tertiary/aromatic N) is 3. The van der Waals surface area contributed by atoms with E-state index in [1.54, 1.807) is 18.3 Å². The van der Waals surface area contributed by atoms with E-state index in [0.717, 1.165) is 10.6 Å². The van der Waals surface area contributed by atoms with Crippen LogP contribution in [-0.4, -0.2) is 19.8 Å². The summed E-state index contributed by atoms with van der Waals surface area (Å²) in [6.45, 7) is 7.75. The second-order valence-corrected chi connectivity index (χ2v) is 7.39. The van der Waals surface area contributed by atoms with Gasteiger partial charge in [0.2, 0.25) is 5.91 Å². The molecule has 3 rings (SSSR count). The molecule has 1 amide bonds. The molecule has 0 aliphatic carbocycles. The number of carbonyl (C=O) groups is 1. The van der Waals surface area contributed by atoms with E-state index in [1.165, 1.54) is 32.9 Å². The van der Waals surface area contributed by atoms with Gasteiger partial charge in [-0.15, -0.1) is 11.3 Å². The van der Waals surface area contributed by atoms with Gasteiger partial charge in [-0.1, -0.05) is 0 Å². The van der Waals surface area contributed by atoms with Crippen LogP contribution >= 0.6 is 22.9 Å². The highest BCUT2D eigenvalue weighted by molar-refractivity contribution is 7.16. The minimum Gasteiger partial charge on any atom is -0.316 e. The molecule has 0 fully saturated rings. The van der Waals surface area contributed by atoms with Crippen molar-refractivity contribution >= 4 is 44.0 Å². The van der Waals surface area contributed by atoms with Crippen LogP contribution in [0.3, 0.4) is 0 Å². The van der Waals surface area contributed by atoms with Crippen molar-refractivity contribution in [3.63, 3.8) is 0 Å². The Bertz CT molecular complexity index is 968. The van der Waals surface area contributed by atoms with E-state index in [-0.39, 0.29) is 18.0 Å². The lowest BCUT2D eigenvalue weighted by Gasteiger charge is -2.06. The van der Waals surface area contributed by atoms with Gasteiger partial charge in [0, 0.05) is 4.88 Å². The fraction of sp³-hybridized carbons (Fsp3) is 0.333. The van der Waals surface area contributed by atoms with Crippen molar-refractivity contribution in [3.05, 3.63) is 38.4 Å². The Morgan fingerprint density at radius 3 is 2.65 bits per heavy atom. The number of aryl methyl sites for hydroxylation is 2. The maximum absolute atomic E-state index is 12.4. The third kappa shape index (κ3) is 2.79. The van der Waals surface area contributed by atoms with E-state index in [1.807, 2.05) is 20.8 Å². The molecule has 6 nitrogen and oxygen atoms in total. The average Bonchev–Trinajstić information content (AvgIpc) is 2.99. The van der Waals surface area contributed by atoms with E-state index in [4.69, 9.17) is 0 Å². The molecule has 0 saturated heterocycles. The van der Waals surface area contributed by atoms with Crippen LogP contribution in [0.5, 0.6) is 0 Å². The molecule has 8 heteroatoms. The second-order valence-electron chi connectivity index (χ2n) is 5.41. The monoisotopic (exact) mass is 348 g/mol. The van der Waals surface area contributed by atoms with E-state index < -0.39 is 0 Å². The fourth-order valence-electron chi connectivity index (χ4n) is 2.30. The minimum atomic E-state index is -0.238. The van der Waals surface area contributed by atoms with Crippen LogP contribution in [0.4, 0.5) is 5.00 Å². The van der Waals surface area contributed by atoms with Crippen LogP contribution in [0.15, 0.2) is 11.1 Å². The van der Waals surface area contributed by atoms with Gasteiger partial charge in [-0.2, -0.15) is 4.37 Å². The standard InChI is InChI=1S/C15H16N4O2S2/c1-7-8(2)13(22-10(7)4)17-11(20)5-19-6-16-14-12(15(19)21)9(3)18-23-14/h6H,5H2,1-4H3,(H,17,20). The van der Waals surface area contributed by atoms with Crippen molar-refractivity contribution in [1.29, 1.82) is 0 Å². The second kappa shape index (κ2) is 5.86. The summed E-state index contributed by atoms with van der Waals surface area (Å²) in [6, 6.07) is 0. The largest absolute Gasteiger partial charge is 0.316 e. The summed E-state index contributed by atoms with van der Waals surface area (Å²) in [6.07, 6.45) is 1.40. The maximum Gasteiger partial charge on any atom is 0.264 e. The van der Waals surface area contributed by atoms with Crippen molar-refractivity contribution in [3.8, 4) is 0 Å². The first-order valence-corrected chi connectivity index (χ1v) is 8.65. The fourth-order valence-corrected chi connectivity index (χ4v) is 4.12. The van der Waals surface area contributed by atoms with Gasteiger partial charge >= 0.3 is 0 Å². The number of rotatable bonds is 3. The number of hydrogen-bond acceptors (Lipinski definition) is 6. The first kappa shape index (κ1) is 15.8. The number of aromatic nitrogens is 3. The zero-order chi connectivity index (χ0) is 16.7. The van der Waals surface area contributed by atoms with Gasteiger partial charge in [0.25, 0.3) is 5.56 Å². The summed E-state index contributed by atoms with van der Waals surface area (Å²) >= 11 is 2.74. The average molecular weight is 348 g/mol. The van der Waals surface area contributed by atoms with E-state index in [0.29, 0.717) is 15.9 Å².